The fourth-order valence-corrected chi connectivity index (χ4v) is 3.63. The molecule has 0 spiro atoms. The molecule has 2 amide bonds. The van der Waals surface area contributed by atoms with Gasteiger partial charge in [0.2, 0.25) is 11.8 Å². The van der Waals surface area contributed by atoms with Crippen molar-refractivity contribution in [3.05, 3.63) is 35.9 Å². The Morgan fingerprint density at radius 1 is 0.870 bits per heavy atom. The molecule has 0 bridgehead atoms. The minimum atomic E-state index is 0.119. The number of nitrogens with zero attached hydrogens (tertiary/aromatic N) is 2. The van der Waals surface area contributed by atoms with E-state index in [0.29, 0.717) is 12.3 Å². The SMILES string of the molecule is O=C(Cc1ccccc1)N1CCC(C(=O)N2CCCCC2)CC1. The zero-order valence-corrected chi connectivity index (χ0v) is 13.7. The summed E-state index contributed by atoms with van der Waals surface area (Å²) in [6, 6.07) is 9.87. The number of hydrogen-bond acceptors (Lipinski definition) is 2. The van der Waals surface area contributed by atoms with Crippen molar-refractivity contribution in [1.82, 2.24) is 9.80 Å². The monoisotopic (exact) mass is 314 g/mol. The molecule has 2 heterocycles. The van der Waals surface area contributed by atoms with Gasteiger partial charge in [0.15, 0.2) is 0 Å². The van der Waals surface area contributed by atoms with Crippen LogP contribution >= 0.6 is 0 Å². The van der Waals surface area contributed by atoms with Gasteiger partial charge >= 0.3 is 0 Å². The van der Waals surface area contributed by atoms with Crippen LogP contribution in [0.25, 0.3) is 0 Å². The molecule has 4 heteroatoms. The molecule has 1 aromatic carbocycles. The molecule has 0 radical (unpaired) electrons. The molecule has 124 valence electrons. The second-order valence-corrected chi connectivity index (χ2v) is 6.70. The lowest BCUT2D eigenvalue weighted by atomic mass is 9.94. The van der Waals surface area contributed by atoms with Gasteiger partial charge in [0.25, 0.3) is 0 Å². The van der Waals surface area contributed by atoms with Crippen LogP contribution in [0.4, 0.5) is 0 Å². The van der Waals surface area contributed by atoms with Gasteiger partial charge in [-0.3, -0.25) is 9.59 Å². The quantitative estimate of drug-likeness (QED) is 0.860. The summed E-state index contributed by atoms with van der Waals surface area (Å²) < 4.78 is 0. The molecule has 1 aromatic rings. The summed E-state index contributed by atoms with van der Waals surface area (Å²) in [6.07, 6.45) is 5.62. The highest BCUT2D eigenvalue weighted by atomic mass is 16.2. The Bertz CT molecular complexity index is 530. The molecule has 0 atom stereocenters. The lowest BCUT2D eigenvalue weighted by Crippen LogP contribution is -2.46. The van der Waals surface area contributed by atoms with Crippen LogP contribution < -0.4 is 0 Å². The summed E-state index contributed by atoms with van der Waals surface area (Å²) in [4.78, 5) is 28.9. The molecule has 2 aliphatic rings. The van der Waals surface area contributed by atoms with Gasteiger partial charge in [-0.1, -0.05) is 30.3 Å². The average molecular weight is 314 g/mol. The van der Waals surface area contributed by atoms with E-state index < -0.39 is 0 Å². The number of carbonyl (C=O) groups is 2. The van der Waals surface area contributed by atoms with E-state index >= 15 is 0 Å². The fraction of sp³-hybridized carbons (Fsp3) is 0.579. The van der Waals surface area contributed by atoms with Crippen molar-refractivity contribution >= 4 is 11.8 Å². The van der Waals surface area contributed by atoms with E-state index in [0.717, 1.165) is 57.4 Å². The third kappa shape index (κ3) is 4.12. The van der Waals surface area contributed by atoms with Crippen LogP contribution in [-0.4, -0.2) is 47.8 Å². The smallest absolute Gasteiger partial charge is 0.226 e. The maximum absolute atomic E-state index is 12.5. The first-order chi connectivity index (χ1) is 11.2. The van der Waals surface area contributed by atoms with Crippen LogP contribution in [-0.2, 0) is 16.0 Å². The first-order valence-corrected chi connectivity index (χ1v) is 8.84. The van der Waals surface area contributed by atoms with E-state index in [1.54, 1.807) is 0 Å². The van der Waals surface area contributed by atoms with E-state index in [4.69, 9.17) is 0 Å². The van der Waals surface area contributed by atoms with Gasteiger partial charge in [0, 0.05) is 32.1 Å². The Labute approximate surface area is 138 Å². The summed E-state index contributed by atoms with van der Waals surface area (Å²) in [5.74, 6) is 0.619. The first-order valence-electron chi connectivity index (χ1n) is 8.84. The molecule has 0 saturated carbocycles. The second kappa shape index (κ2) is 7.62. The molecule has 2 fully saturated rings. The number of piperidine rings is 2. The summed E-state index contributed by atoms with van der Waals surface area (Å²) in [5, 5.41) is 0. The Morgan fingerprint density at radius 2 is 1.52 bits per heavy atom. The number of likely N-dealkylation sites (tertiary alicyclic amines) is 2. The zero-order valence-electron chi connectivity index (χ0n) is 13.7. The highest BCUT2D eigenvalue weighted by Crippen LogP contribution is 2.22. The zero-order chi connectivity index (χ0) is 16.1. The van der Waals surface area contributed by atoms with Crippen molar-refractivity contribution in [3.8, 4) is 0 Å². The summed E-state index contributed by atoms with van der Waals surface area (Å²) in [7, 11) is 0. The number of benzene rings is 1. The predicted octanol–water partition coefficient (Wildman–Crippen LogP) is 2.48. The third-order valence-electron chi connectivity index (χ3n) is 5.06. The molecule has 0 aromatic heterocycles. The largest absolute Gasteiger partial charge is 0.342 e. The lowest BCUT2D eigenvalue weighted by Gasteiger charge is -2.35. The Morgan fingerprint density at radius 3 is 2.17 bits per heavy atom. The average Bonchev–Trinajstić information content (AvgIpc) is 2.63. The molecule has 2 saturated heterocycles. The molecule has 2 aliphatic heterocycles. The minimum Gasteiger partial charge on any atom is -0.342 e. The molecule has 4 nitrogen and oxygen atoms in total. The van der Waals surface area contributed by atoms with Gasteiger partial charge in [-0.05, 0) is 37.7 Å². The van der Waals surface area contributed by atoms with Gasteiger partial charge < -0.3 is 9.80 Å². The highest BCUT2D eigenvalue weighted by Gasteiger charge is 2.30. The van der Waals surface area contributed by atoms with E-state index in [2.05, 4.69) is 0 Å². The minimum absolute atomic E-state index is 0.119. The van der Waals surface area contributed by atoms with E-state index in [1.807, 2.05) is 40.1 Å². The molecule has 23 heavy (non-hydrogen) atoms. The van der Waals surface area contributed by atoms with Crippen LogP contribution in [0.5, 0.6) is 0 Å². The van der Waals surface area contributed by atoms with Gasteiger partial charge in [-0.2, -0.15) is 0 Å². The Balaban J connectivity index is 1.48. The fourth-order valence-electron chi connectivity index (χ4n) is 3.63. The van der Waals surface area contributed by atoms with Crippen molar-refractivity contribution in [1.29, 1.82) is 0 Å². The van der Waals surface area contributed by atoms with E-state index in [-0.39, 0.29) is 11.8 Å². The molecular formula is C19H26N2O2. The third-order valence-corrected chi connectivity index (χ3v) is 5.06. The molecule has 3 rings (SSSR count). The van der Waals surface area contributed by atoms with Crippen molar-refractivity contribution in [3.63, 3.8) is 0 Å². The van der Waals surface area contributed by atoms with Gasteiger partial charge in [0.05, 0.1) is 6.42 Å². The van der Waals surface area contributed by atoms with Crippen LogP contribution in [0.2, 0.25) is 0 Å². The van der Waals surface area contributed by atoms with Crippen molar-refractivity contribution in [2.75, 3.05) is 26.2 Å². The van der Waals surface area contributed by atoms with Crippen molar-refractivity contribution in [2.24, 2.45) is 5.92 Å². The number of rotatable bonds is 3. The van der Waals surface area contributed by atoms with Crippen molar-refractivity contribution in [2.45, 2.75) is 38.5 Å². The van der Waals surface area contributed by atoms with E-state index in [9.17, 15) is 9.59 Å². The Hall–Kier alpha value is -1.84. The Kier molecular flexibility index (Phi) is 5.31. The van der Waals surface area contributed by atoms with Crippen LogP contribution in [0.3, 0.4) is 0 Å². The summed E-state index contributed by atoms with van der Waals surface area (Å²) in [5.41, 5.74) is 1.06. The van der Waals surface area contributed by atoms with Crippen molar-refractivity contribution < 1.29 is 9.59 Å². The van der Waals surface area contributed by atoms with Crippen LogP contribution in [0.15, 0.2) is 30.3 Å². The van der Waals surface area contributed by atoms with Gasteiger partial charge in [-0.15, -0.1) is 0 Å². The predicted molar refractivity (Wildman–Crippen MR) is 89.9 cm³/mol. The summed E-state index contributed by atoms with van der Waals surface area (Å²) >= 11 is 0. The highest BCUT2D eigenvalue weighted by molar-refractivity contribution is 5.81. The lowest BCUT2D eigenvalue weighted by molar-refractivity contribution is -0.141. The second-order valence-electron chi connectivity index (χ2n) is 6.70. The van der Waals surface area contributed by atoms with Crippen LogP contribution in [0.1, 0.15) is 37.7 Å². The number of carbonyl (C=O) groups excluding carboxylic acids is 2. The van der Waals surface area contributed by atoms with E-state index in [1.165, 1.54) is 6.42 Å². The topological polar surface area (TPSA) is 40.6 Å². The number of amides is 2. The maximum atomic E-state index is 12.5. The van der Waals surface area contributed by atoms with Gasteiger partial charge in [-0.25, -0.2) is 0 Å². The standard InChI is InChI=1S/C19H26N2O2/c22-18(15-16-7-3-1-4-8-16)20-13-9-17(10-14-20)19(23)21-11-5-2-6-12-21/h1,3-4,7-8,17H,2,5-6,9-15H2. The molecule has 0 N–H and O–H groups in total. The van der Waals surface area contributed by atoms with Crippen LogP contribution in [0, 0.1) is 5.92 Å². The molecule has 0 unspecified atom stereocenters. The summed E-state index contributed by atoms with van der Waals surface area (Å²) in [6.45, 7) is 3.28. The first kappa shape index (κ1) is 16.0. The van der Waals surface area contributed by atoms with Gasteiger partial charge in [0.1, 0.15) is 0 Å². The molecular weight excluding hydrogens is 288 g/mol. The maximum Gasteiger partial charge on any atom is 0.226 e. The molecule has 0 aliphatic carbocycles. The number of hydrogen-bond donors (Lipinski definition) is 0. The normalized spacial score (nSPS) is 19.7.